The maximum atomic E-state index is 11.6. The highest BCUT2D eigenvalue weighted by Crippen LogP contribution is 2.08. The quantitative estimate of drug-likeness (QED) is 0.242. The summed E-state index contributed by atoms with van der Waals surface area (Å²) in [4.78, 5) is 22.5. The summed E-state index contributed by atoms with van der Waals surface area (Å²) < 4.78 is 4.58. The van der Waals surface area contributed by atoms with Crippen molar-refractivity contribution < 1.29 is 19.4 Å². The molecule has 0 spiro atoms. The topological polar surface area (TPSA) is 63.6 Å². The van der Waals surface area contributed by atoms with Crippen molar-refractivity contribution in [1.82, 2.24) is 0 Å². The number of rotatable bonds is 13. The summed E-state index contributed by atoms with van der Waals surface area (Å²) in [5.41, 5.74) is 0. The first-order valence-corrected chi connectivity index (χ1v) is 8.39. The van der Waals surface area contributed by atoms with Crippen molar-refractivity contribution in [3.05, 3.63) is 36.5 Å². The summed E-state index contributed by atoms with van der Waals surface area (Å²) in [6.45, 7) is 1.91. The molecule has 0 aromatic carbocycles. The molecule has 0 heterocycles. The second-order valence-corrected chi connectivity index (χ2v) is 5.41. The van der Waals surface area contributed by atoms with Gasteiger partial charge in [0.2, 0.25) is 0 Å². The Hall–Kier alpha value is -1.68. The molecule has 23 heavy (non-hydrogen) atoms. The number of unbranched alkanes of at least 4 members (excludes halogenated alkanes) is 4. The number of hydrogen-bond acceptors (Lipinski definition) is 4. The fourth-order valence-corrected chi connectivity index (χ4v) is 1.90. The maximum absolute atomic E-state index is 11.6. The van der Waals surface area contributed by atoms with E-state index in [1.807, 2.05) is 6.92 Å². The Morgan fingerprint density at radius 1 is 0.957 bits per heavy atom. The standard InChI is InChI=1S/C19H30O4/c1-3-17(20)13-9-7-8-11-15-18(21)14-10-5-4-6-12-16-19(22)23-2/h7-9,11,13,15,17,20H,3-6,10,12,14,16H2,1-2H3/b8-7-,13-9+,15-11+. The monoisotopic (exact) mass is 322 g/mol. The van der Waals surface area contributed by atoms with Gasteiger partial charge in [-0.2, -0.15) is 0 Å². The van der Waals surface area contributed by atoms with Gasteiger partial charge < -0.3 is 9.84 Å². The summed E-state index contributed by atoms with van der Waals surface area (Å²) in [6, 6.07) is 0. The Labute approximate surface area is 139 Å². The van der Waals surface area contributed by atoms with Gasteiger partial charge in [-0.1, -0.05) is 56.6 Å². The highest BCUT2D eigenvalue weighted by Gasteiger charge is 2.00. The van der Waals surface area contributed by atoms with E-state index in [4.69, 9.17) is 0 Å². The van der Waals surface area contributed by atoms with Crippen molar-refractivity contribution >= 4 is 11.8 Å². The Balaban J connectivity index is 3.60. The summed E-state index contributed by atoms with van der Waals surface area (Å²) in [5, 5.41) is 9.30. The number of ketones is 1. The Bertz CT molecular complexity index is 408. The molecule has 4 heteroatoms. The van der Waals surface area contributed by atoms with Gasteiger partial charge in [0.05, 0.1) is 13.2 Å². The Morgan fingerprint density at radius 2 is 1.57 bits per heavy atom. The number of allylic oxidation sites excluding steroid dienone is 5. The number of esters is 1. The van der Waals surface area contributed by atoms with Crippen molar-refractivity contribution in [2.45, 2.75) is 64.4 Å². The molecule has 1 N–H and O–H groups in total. The minimum Gasteiger partial charge on any atom is -0.469 e. The van der Waals surface area contributed by atoms with Crippen LogP contribution >= 0.6 is 0 Å². The minimum absolute atomic E-state index is 0.127. The van der Waals surface area contributed by atoms with Crippen LogP contribution in [0.25, 0.3) is 0 Å². The van der Waals surface area contributed by atoms with Crippen molar-refractivity contribution in [3.8, 4) is 0 Å². The number of methoxy groups -OCH3 is 1. The van der Waals surface area contributed by atoms with E-state index in [1.54, 1.807) is 36.5 Å². The Kier molecular flexibility index (Phi) is 14.1. The molecule has 0 fully saturated rings. The lowest BCUT2D eigenvalue weighted by atomic mass is 10.1. The molecule has 1 atom stereocenters. The van der Waals surface area contributed by atoms with Crippen molar-refractivity contribution in [1.29, 1.82) is 0 Å². The molecule has 0 rings (SSSR count). The Morgan fingerprint density at radius 3 is 2.22 bits per heavy atom. The van der Waals surface area contributed by atoms with Crippen LogP contribution in [-0.4, -0.2) is 30.1 Å². The molecular formula is C19H30O4. The van der Waals surface area contributed by atoms with Gasteiger partial charge in [0.15, 0.2) is 5.78 Å². The van der Waals surface area contributed by atoms with Gasteiger partial charge in [-0.25, -0.2) is 0 Å². The van der Waals surface area contributed by atoms with Crippen molar-refractivity contribution in [2.75, 3.05) is 7.11 Å². The molecule has 130 valence electrons. The first-order valence-electron chi connectivity index (χ1n) is 8.39. The van der Waals surface area contributed by atoms with Crippen molar-refractivity contribution in [2.24, 2.45) is 0 Å². The van der Waals surface area contributed by atoms with E-state index in [9.17, 15) is 14.7 Å². The zero-order chi connectivity index (χ0) is 17.3. The van der Waals surface area contributed by atoms with Gasteiger partial charge in [0, 0.05) is 12.8 Å². The molecule has 0 radical (unpaired) electrons. The summed E-state index contributed by atoms with van der Waals surface area (Å²) in [5.74, 6) is -0.0285. The predicted molar refractivity (Wildman–Crippen MR) is 93.1 cm³/mol. The molecule has 0 aromatic heterocycles. The highest BCUT2D eigenvalue weighted by molar-refractivity contribution is 5.89. The summed E-state index contributed by atoms with van der Waals surface area (Å²) in [7, 11) is 1.40. The first kappa shape index (κ1) is 21.3. The number of hydrogen-bond donors (Lipinski definition) is 1. The third-order valence-corrected chi connectivity index (χ3v) is 3.40. The normalized spacial score (nSPS) is 13.2. The second kappa shape index (κ2) is 15.2. The highest BCUT2D eigenvalue weighted by atomic mass is 16.5. The van der Waals surface area contributed by atoms with Crippen LogP contribution in [0.4, 0.5) is 0 Å². The van der Waals surface area contributed by atoms with Crippen LogP contribution in [0.3, 0.4) is 0 Å². The lowest BCUT2D eigenvalue weighted by molar-refractivity contribution is -0.140. The summed E-state index contributed by atoms with van der Waals surface area (Å²) in [6.07, 6.45) is 16.5. The van der Waals surface area contributed by atoms with Crippen LogP contribution in [0, 0.1) is 0 Å². The predicted octanol–water partition coefficient (Wildman–Crippen LogP) is 3.90. The molecule has 0 aliphatic heterocycles. The van der Waals surface area contributed by atoms with E-state index >= 15 is 0 Å². The molecule has 0 saturated heterocycles. The van der Waals surface area contributed by atoms with Gasteiger partial charge in [-0.05, 0) is 25.3 Å². The third-order valence-electron chi connectivity index (χ3n) is 3.40. The molecule has 0 bridgehead atoms. The zero-order valence-electron chi connectivity index (χ0n) is 14.4. The van der Waals surface area contributed by atoms with Crippen LogP contribution in [0.1, 0.15) is 58.3 Å². The third kappa shape index (κ3) is 15.0. The number of aliphatic hydroxyl groups excluding tert-OH is 1. The molecule has 0 aliphatic carbocycles. The molecule has 1 unspecified atom stereocenters. The van der Waals surface area contributed by atoms with Crippen LogP contribution in [0.5, 0.6) is 0 Å². The number of carbonyl (C=O) groups is 2. The molecule has 0 amide bonds. The lowest BCUT2D eigenvalue weighted by Crippen LogP contribution is -1.99. The van der Waals surface area contributed by atoms with E-state index in [0.717, 1.165) is 32.1 Å². The zero-order valence-corrected chi connectivity index (χ0v) is 14.4. The van der Waals surface area contributed by atoms with E-state index in [-0.39, 0.29) is 11.8 Å². The average Bonchev–Trinajstić information content (AvgIpc) is 2.56. The molecule has 4 nitrogen and oxygen atoms in total. The fraction of sp³-hybridized carbons (Fsp3) is 0.579. The molecular weight excluding hydrogens is 292 g/mol. The van der Waals surface area contributed by atoms with Crippen LogP contribution in [0.2, 0.25) is 0 Å². The first-order chi connectivity index (χ1) is 11.1. The summed E-state index contributed by atoms with van der Waals surface area (Å²) >= 11 is 0. The van der Waals surface area contributed by atoms with Crippen molar-refractivity contribution in [3.63, 3.8) is 0 Å². The van der Waals surface area contributed by atoms with E-state index in [1.165, 1.54) is 7.11 Å². The molecule has 0 aromatic rings. The molecule has 0 aliphatic rings. The van der Waals surface area contributed by atoms with Crippen LogP contribution in [-0.2, 0) is 14.3 Å². The number of aliphatic hydroxyl groups is 1. The number of carbonyl (C=O) groups excluding carboxylic acids is 2. The van der Waals surface area contributed by atoms with E-state index in [2.05, 4.69) is 4.74 Å². The van der Waals surface area contributed by atoms with E-state index in [0.29, 0.717) is 19.3 Å². The van der Waals surface area contributed by atoms with Gasteiger partial charge in [0.1, 0.15) is 0 Å². The smallest absolute Gasteiger partial charge is 0.305 e. The molecule has 0 saturated carbocycles. The fourth-order valence-electron chi connectivity index (χ4n) is 1.90. The van der Waals surface area contributed by atoms with Gasteiger partial charge in [0.25, 0.3) is 0 Å². The van der Waals surface area contributed by atoms with Gasteiger partial charge in [-0.3, -0.25) is 9.59 Å². The minimum atomic E-state index is -0.405. The van der Waals surface area contributed by atoms with Gasteiger partial charge in [-0.15, -0.1) is 0 Å². The second-order valence-electron chi connectivity index (χ2n) is 5.41. The SMILES string of the molecule is CCC(O)/C=C/C=C\C=C\C(=O)CCCCCCCC(=O)OC. The van der Waals surface area contributed by atoms with Gasteiger partial charge >= 0.3 is 5.97 Å². The number of ether oxygens (including phenoxy) is 1. The lowest BCUT2D eigenvalue weighted by Gasteiger charge is -2.00. The maximum Gasteiger partial charge on any atom is 0.305 e. The van der Waals surface area contributed by atoms with Crippen LogP contribution < -0.4 is 0 Å². The van der Waals surface area contributed by atoms with E-state index < -0.39 is 6.10 Å². The largest absolute Gasteiger partial charge is 0.469 e. The average molecular weight is 322 g/mol. The van der Waals surface area contributed by atoms with Crippen LogP contribution in [0.15, 0.2) is 36.5 Å².